The average molecular weight is 232 g/mol. The molecule has 10 heavy (non-hydrogen) atoms. The molecule has 0 aliphatic rings. The van der Waals surface area contributed by atoms with E-state index in [2.05, 4.69) is 11.2 Å². The first kappa shape index (κ1) is 12.9. The summed E-state index contributed by atoms with van der Waals surface area (Å²) in [6, 6.07) is 2.57. The normalized spacial score (nSPS) is 7.40. The van der Waals surface area contributed by atoms with Crippen LogP contribution >= 0.6 is 24.0 Å². The molecule has 52 valence electrons. The summed E-state index contributed by atoms with van der Waals surface area (Å²) < 4.78 is 11.9. The Balaban J connectivity index is 0. The van der Waals surface area contributed by atoms with Crippen LogP contribution in [0.3, 0.4) is 0 Å². The molecule has 0 saturated carbocycles. The van der Waals surface area contributed by atoms with Crippen LogP contribution in [0.1, 0.15) is 0 Å². The van der Waals surface area contributed by atoms with E-state index in [0.717, 1.165) is 0 Å². The quantitative estimate of drug-likeness (QED) is 0.379. The Labute approximate surface area is 82.2 Å². The summed E-state index contributed by atoms with van der Waals surface area (Å²) in [5, 5.41) is 0.256. The summed E-state index contributed by atoms with van der Waals surface area (Å²) in [4.78, 5) is 3.34. The van der Waals surface area contributed by atoms with Crippen LogP contribution in [0, 0.1) is 12.0 Å². The molecule has 1 aromatic heterocycles. The van der Waals surface area contributed by atoms with E-state index in [4.69, 9.17) is 11.6 Å². The second-order valence-electron chi connectivity index (χ2n) is 1.23. The van der Waals surface area contributed by atoms with E-state index in [9.17, 15) is 4.39 Å². The molecule has 1 nitrogen and oxygen atoms in total. The molecule has 0 saturated heterocycles. The van der Waals surface area contributed by atoms with Crippen molar-refractivity contribution in [3.63, 3.8) is 0 Å². The predicted molar refractivity (Wildman–Crippen MR) is 35.3 cm³/mol. The molecule has 1 aromatic rings. The van der Waals surface area contributed by atoms with Crippen LogP contribution in [0.2, 0.25) is 5.15 Å². The zero-order chi connectivity index (χ0) is 5.98. The van der Waals surface area contributed by atoms with Crippen LogP contribution in [0.4, 0.5) is 4.39 Å². The van der Waals surface area contributed by atoms with Gasteiger partial charge in [-0.15, -0.1) is 36.1 Å². The van der Waals surface area contributed by atoms with Gasteiger partial charge < -0.3 is 4.98 Å². The molecule has 1 heterocycles. The Morgan fingerprint density at radius 1 is 1.50 bits per heavy atom. The number of hydrogen-bond acceptors (Lipinski definition) is 1. The summed E-state index contributed by atoms with van der Waals surface area (Å²) >= 11 is 5.30. The summed E-state index contributed by atoms with van der Waals surface area (Å²) in [6.07, 6.45) is 2.05. The number of aromatic nitrogens is 1. The van der Waals surface area contributed by atoms with Gasteiger partial charge in [0.25, 0.3) is 0 Å². The molecule has 0 bridgehead atoms. The predicted octanol–water partition coefficient (Wildman–Crippen LogP) is 2.09. The van der Waals surface area contributed by atoms with Crippen molar-refractivity contribution in [1.82, 2.24) is 4.98 Å². The van der Waals surface area contributed by atoms with Gasteiger partial charge in [-0.3, -0.25) is 0 Å². The molecule has 5 heteroatoms. The molecule has 0 unspecified atom stereocenters. The third kappa shape index (κ3) is 4.16. The molecular weight excluding hydrogens is 229 g/mol. The van der Waals surface area contributed by atoms with E-state index in [1.165, 1.54) is 12.1 Å². The molecule has 0 N–H and O–H groups in total. The van der Waals surface area contributed by atoms with Crippen molar-refractivity contribution in [2.45, 2.75) is 0 Å². The van der Waals surface area contributed by atoms with Crippen molar-refractivity contribution in [2.75, 3.05) is 0 Å². The number of hydrogen-bond donors (Lipinski definition) is 0. The van der Waals surface area contributed by atoms with Crippen molar-refractivity contribution in [2.24, 2.45) is 0 Å². The van der Waals surface area contributed by atoms with Crippen LogP contribution in [-0.4, -0.2) is 4.98 Å². The van der Waals surface area contributed by atoms with E-state index in [1.807, 2.05) is 0 Å². The number of halogens is 3. The second-order valence-corrected chi connectivity index (χ2v) is 1.61. The van der Waals surface area contributed by atoms with Crippen LogP contribution in [0.5, 0.6) is 0 Å². The van der Waals surface area contributed by atoms with Crippen molar-refractivity contribution in [3.05, 3.63) is 29.3 Å². The molecule has 0 amide bonds. The molecule has 0 atom stereocenters. The van der Waals surface area contributed by atoms with Crippen LogP contribution < -0.4 is 0 Å². The Bertz CT molecular complexity index is 159. The molecular formula is C5H3Cl2FNZn-. The van der Waals surface area contributed by atoms with E-state index in [1.54, 1.807) is 0 Å². The Morgan fingerprint density at radius 2 is 2.10 bits per heavy atom. The largest absolute Gasteiger partial charge is 0.373 e. The third-order valence-corrected chi connectivity index (χ3v) is 0.847. The molecule has 1 rings (SSSR count). The fourth-order valence-corrected chi connectivity index (χ4v) is 0.429. The maximum absolute atomic E-state index is 11.9. The first-order valence-electron chi connectivity index (χ1n) is 1.99. The molecule has 0 aliphatic carbocycles. The van der Waals surface area contributed by atoms with E-state index in [-0.39, 0.29) is 37.0 Å². The fourth-order valence-electron chi connectivity index (χ4n) is 0.323. The van der Waals surface area contributed by atoms with Gasteiger partial charge in [0, 0.05) is 30.4 Å². The second kappa shape index (κ2) is 6.02. The Hall–Kier alpha value is 0.283. The maximum atomic E-state index is 11.9. The van der Waals surface area contributed by atoms with Gasteiger partial charge in [-0.25, -0.2) is 4.39 Å². The first-order chi connectivity index (χ1) is 3.79. The molecule has 0 spiro atoms. The summed E-state index contributed by atoms with van der Waals surface area (Å²) in [5.41, 5.74) is 0. The molecule has 0 fully saturated rings. The summed E-state index contributed by atoms with van der Waals surface area (Å²) in [6.45, 7) is 0. The van der Waals surface area contributed by atoms with Gasteiger partial charge in [0.15, 0.2) is 0 Å². The van der Waals surface area contributed by atoms with E-state index in [0.29, 0.717) is 0 Å². The van der Waals surface area contributed by atoms with Gasteiger partial charge in [-0.2, -0.15) is 0 Å². The zero-order valence-corrected chi connectivity index (χ0v) is 9.51. The zero-order valence-electron chi connectivity index (χ0n) is 4.97. The molecule has 0 aromatic carbocycles. The van der Waals surface area contributed by atoms with Crippen molar-refractivity contribution < 1.29 is 23.9 Å². The van der Waals surface area contributed by atoms with Gasteiger partial charge in [0.2, 0.25) is 0 Å². The van der Waals surface area contributed by atoms with Crippen molar-refractivity contribution >= 4 is 24.0 Å². The monoisotopic (exact) mass is 230 g/mol. The van der Waals surface area contributed by atoms with Gasteiger partial charge in [-0.05, 0) is 6.20 Å². The number of pyridine rings is 1. The SMILES string of the molecule is Cl.Fc1[c-]nc(Cl)cc1.[Zn]. The van der Waals surface area contributed by atoms with Crippen LogP contribution in [-0.2, 0) is 19.5 Å². The van der Waals surface area contributed by atoms with Crippen molar-refractivity contribution in [1.29, 1.82) is 0 Å². The standard InChI is InChI=1S/C5H2ClFN.ClH.Zn/c6-5-2-1-4(7)3-8-5;;/h1-2H;1H;/q-1;;. The Kier molecular flexibility index (Phi) is 7.78. The van der Waals surface area contributed by atoms with Crippen LogP contribution in [0.25, 0.3) is 0 Å². The first-order valence-corrected chi connectivity index (χ1v) is 2.36. The third-order valence-electron chi connectivity index (χ3n) is 0.637. The summed E-state index contributed by atoms with van der Waals surface area (Å²) in [7, 11) is 0. The van der Waals surface area contributed by atoms with Crippen molar-refractivity contribution in [3.8, 4) is 0 Å². The summed E-state index contributed by atoms with van der Waals surface area (Å²) in [5.74, 6) is -0.491. The van der Waals surface area contributed by atoms with Crippen LogP contribution in [0.15, 0.2) is 12.1 Å². The maximum Gasteiger partial charge on any atom is 0.0298 e. The smallest absolute Gasteiger partial charge is 0.0298 e. The molecule has 0 radical (unpaired) electrons. The minimum absolute atomic E-state index is 0. The van der Waals surface area contributed by atoms with Gasteiger partial charge in [0.05, 0.1) is 0 Å². The van der Waals surface area contributed by atoms with Gasteiger partial charge in [-0.1, -0.05) is 0 Å². The number of rotatable bonds is 0. The van der Waals surface area contributed by atoms with E-state index >= 15 is 0 Å². The minimum atomic E-state index is -0.491. The van der Waals surface area contributed by atoms with E-state index < -0.39 is 5.82 Å². The average Bonchev–Trinajstić information content (AvgIpc) is 1.77. The fraction of sp³-hybridized carbons (Fsp3) is 0. The topological polar surface area (TPSA) is 12.9 Å². The molecule has 0 aliphatic heterocycles. The van der Waals surface area contributed by atoms with Gasteiger partial charge >= 0.3 is 0 Å². The number of nitrogens with zero attached hydrogens (tertiary/aromatic N) is 1. The van der Waals surface area contributed by atoms with Gasteiger partial charge in [0.1, 0.15) is 0 Å². The Morgan fingerprint density at radius 3 is 2.40 bits per heavy atom. The minimum Gasteiger partial charge on any atom is -0.373 e.